The van der Waals surface area contributed by atoms with Crippen LogP contribution in [0.1, 0.15) is 44.6 Å². The standard InChI is InChI=1S/C18H22BrClN6OS/c1-10(8-25-9-14(20)7-22-25)18-23-12(3)16(28-18)17(27)21-5-6-26-13(4)15(19)11(2)24-26/h7,9-10H,5-6,8H2,1-4H3,(H,21,27). The minimum absolute atomic E-state index is 0.101. The fraction of sp³-hybridized carbons (Fsp3) is 0.444. The van der Waals surface area contributed by atoms with Crippen molar-refractivity contribution in [1.29, 1.82) is 0 Å². The molecule has 0 aliphatic carbocycles. The van der Waals surface area contributed by atoms with Crippen LogP contribution < -0.4 is 5.32 Å². The Hall–Kier alpha value is -1.71. The van der Waals surface area contributed by atoms with Gasteiger partial charge in [-0.1, -0.05) is 18.5 Å². The molecule has 1 N–H and O–H groups in total. The Balaban J connectivity index is 1.60. The van der Waals surface area contributed by atoms with Crippen molar-refractivity contribution in [3.05, 3.63) is 48.9 Å². The summed E-state index contributed by atoms with van der Waals surface area (Å²) in [6.45, 7) is 9.66. The summed E-state index contributed by atoms with van der Waals surface area (Å²) in [5.74, 6) is 0.0319. The predicted octanol–water partition coefficient (Wildman–Crippen LogP) is 4.11. The second-order valence-electron chi connectivity index (χ2n) is 6.71. The molecule has 0 aliphatic rings. The van der Waals surface area contributed by atoms with Gasteiger partial charge in [-0.15, -0.1) is 11.3 Å². The van der Waals surface area contributed by atoms with Gasteiger partial charge in [-0.2, -0.15) is 10.2 Å². The molecule has 0 bridgehead atoms. The van der Waals surface area contributed by atoms with E-state index in [0.29, 0.717) is 29.5 Å². The molecule has 0 radical (unpaired) electrons. The van der Waals surface area contributed by atoms with E-state index in [9.17, 15) is 4.79 Å². The first-order valence-electron chi connectivity index (χ1n) is 8.89. The Labute approximate surface area is 181 Å². The number of hydrogen-bond acceptors (Lipinski definition) is 5. The fourth-order valence-corrected chi connectivity index (χ4v) is 4.35. The van der Waals surface area contributed by atoms with Gasteiger partial charge in [0.05, 0.1) is 38.6 Å². The number of hydrogen-bond donors (Lipinski definition) is 1. The Morgan fingerprint density at radius 1 is 1.36 bits per heavy atom. The molecule has 3 rings (SSSR count). The molecule has 0 saturated heterocycles. The van der Waals surface area contributed by atoms with Crippen molar-refractivity contribution in [2.45, 2.75) is 46.7 Å². The average molecular weight is 486 g/mol. The minimum atomic E-state index is -0.101. The summed E-state index contributed by atoms with van der Waals surface area (Å²) in [7, 11) is 0. The van der Waals surface area contributed by atoms with Crippen molar-refractivity contribution in [3.63, 3.8) is 0 Å². The third kappa shape index (κ3) is 4.64. The summed E-state index contributed by atoms with van der Waals surface area (Å²) >= 11 is 10.9. The highest BCUT2D eigenvalue weighted by molar-refractivity contribution is 9.10. The van der Waals surface area contributed by atoms with Gasteiger partial charge in [-0.25, -0.2) is 4.98 Å². The van der Waals surface area contributed by atoms with Crippen molar-refractivity contribution >= 4 is 44.8 Å². The monoisotopic (exact) mass is 484 g/mol. The average Bonchev–Trinajstić information content (AvgIpc) is 3.30. The van der Waals surface area contributed by atoms with Gasteiger partial charge in [0, 0.05) is 30.9 Å². The van der Waals surface area contributed by atoms with Crippen LogP contribution in [-0.2, 0) is 13.1 Å². The molecule has 3 aromatic rings. The van der Waals surface area contributed by atoms with Crippen LogP contribution in [-0.4, -0.2) is 37.0 Å². The Morgan fingerprint density at radius 2 is 2.11 bits per heavy atom. The second kappa shape index (κ2) is 8.75. The van der Waals surface area contributed by atoms with E-state index in [1.807, 2.05) is 25.5 Å². The van der Waals surface area contributed by atoms with Crippen LogP contribution in [0.5, 0.6) is 0 Å². The Bertz CT molecular complexity index is 995. The van der Waals surface area contributed by atoms with Gasteiger partial charge in [0.25, 0.3) is 5.91 Å². The largest absolute Gasteiger partial charge is 0.349 e. The SMILES string of the molecule is Cc1nc(C(C)Cn2cc(Cl)cn2)sc1C(=O)NCCn1nc(C)c(Br)c1C. The number of thiazole rings is 1. The third-order valence-electron chi connectivity index (χ3n) is 4.41. The van der Waals surface area contributed by atoms with Gasteiger partial charge in [0.15, 0.2) is 0 Å². The summed E-state index contributed by atoms with van der Waals surface area (Å²) < 4.78 is 4.69. The number of halogens is 2. The molecule has 1 atom stereocenters. The molecule has 0 aromatic carbocycles. The van der Waals surface area contributed by atoms with Gasteiger partial charge >= 0.3 is 0 Å². The van der Waals surface area contributed by atoms with Gasteiger partial charge in [0.2, 0.25) is 0 Å². The van der Waals surface area contributed by atoms with Crippen molar-refractivity contribution in [2.24, 2.45) is 0 Å². The van der Waals surface area contributed by atoms with E-state index in [1.54, 1.807) is 17.1 Å². The van der Waals surface area contributed by atoms with E-state index >= 15 is 0 Å². The number of amides is 1. The maximum atomic E-state index is 12.6. The number of aromatic nitrogens is 5. The fourth-order valence-electron chi connectivity index (χ4n) is 2.88. The topological polar surface area (TPSA) is 77.6 Å². The molecule has 150 valence electrons. The van der Waals surface area contributed by atoms with Gasteiger partial charge in [-0.3, -0.25) is 14.2 Å². The van der Waals surface area contributed by atoms with Gasteiger partial charge in [-0.05, 0) is 36.7 Å². The normalized spacial score (nSPS) is 12.4. The number of carbonyl (C=O) groups excluding carboxylic acids is 1. The first-order chi connectivity index (χ1) is 13.3. The number of nitrogens with one attached hydrogen (secondary N) is 1. The van der Waals surface area contributed by atoms with Crippen LogP contribution >= 0.6 is 38.9 Å². The summed E-state index contributed by atoms with van der Waals surface area (Å²) in [5.41, 5.74) is 2.74. The number of aryl methyl sites for hydroxylation is 2. The molecule has 0 fully saturated rings. The van der Waals surface area contributed by atoms with Gasteiger partial charge in [0.1, 0.15) is 4.88 Å². The maximum Gasteiger partial charge on any atom is 0.263 e. The smallest absolute Gasteiger partial charge is 0.263 e. The van der Waals surface area contributed by atoms with Crippen LogP contribution in [0, 0.1) is 20.8 Å². The first-order valence-corrected chi connectivity index (χ1v) is 10.9. The van der Waals surface area contributed by atoms with Crippen molar-refractivity contribution in [3.8, 4) is 0 Å². The quantitative estimate of drug-likeness (QED) is 0.546. The summed E-state index contributed by atoms with van der Waals surface area (Å²) in [4.78, 5) is 17.8. The van der Waals surface area contributed by atoms with E-state index in [0.717, 1.165) is 26.6 Å². The molecule has 10 heteroatoms. The lowest BCUT2D eigenvalue weighted by molar-refractivity contribution is 0.0955. The first kappa shape index (κ1) is 21.0. The predicted molar refractivity (Wildman–Crippen MR) is 114 cm³/mol. The molecule has 1 unspecified atom stereocenters. The third-order valence-corrected chi connectivity index (χ3v) is 7.14. The summed E-state index contributed by atoms with van der Waals surface area (Å²) in [6.07, 6.45) is 3.39. The molecular weight excluding hydrogens is 464 g/mol. The Morgan fingerprint density at radius 3 is 2.71 bits per heavy atom. The van der Waals surface area contributed by atoms with Crippen LogP contribution in [0.25, 0.3) is 0 Å². The zero-order valence-corrected chi connectivity index (χ0v) is 19.3. The van der Waals surface area contributed by atoms with Crippen molar-refractivity contribution in [2.75, 3.05) is 6.54 Å². The van der Waals surface area contributed by atoms with Gasteiger partial charge < -0.3 is 5.32 Å². The molecule has 28 heavy (non-hydrogen) atoms. The zero-order valence-electron chi connectivity index (χ0n) is 16.2. The summed E-state index contributed by atoms with van der Waals surface area (Å²) in [6, 6.07) is 0. The number of rotatable bonds is 7. The minimum Gasteiger partial charge on any atom is -0.349 e. The molecule has 3 aromatic heterocycles. The number of carbonyl (C=O) groups is 1. The van der Waals surface area contributed by atoms with Crippen molar-refractivity contribution < 1.29 is 4.79 Å². The lowest BCUT2D eigenvalue weighted by Crippen LogP contribution is -2.27. The molecule has 0 aliphatic heterocycles. The molecule has 0 spiro atoms. The van der Waals surface area contributed by atoms with E-state index < -0.39 is 0 Å². The van der Waals surface area contributed by atoms with Crippen LogP contribution in [0.15, 0.2) is 16.9 Å². The van der Waals surface area contributed by atoms with E-state index in [2.05, 4.69) is 43.4 Å². The molecule has 3 heterocycles. The van der Waals surface area contributed by atoms with Crippen LogP contribution in [0.4, 0.5) is 0 Å². The molecule has 1 amide bonds. The molecule has 7 nitrogen and oxygen atoms in total. The molecular formula is C18H22BrClN6OS. The maximum absolute atomic E-state index is 12.6. The van der Waals surface area contributed by atoms with Crippen LogP contribution in [0.3, 0.4) is 0 Å². The number of nitrogens with zero attached hydrogens (tertiary/aromatic N) is 5. The zero-order chi connectivity index (χ0) is 20.4. The lowest BCUT2D eigenvalue weighted by Gasteiger charge is -2.08. The van der Waals surface area contributed by atoms with E-state index in [1.165, 1.54) is 11.3 Å². The summed E-state index contributed by atoms with van der Waals surface area (Å²) in [5, 5.41) is 13.1. The van der Waals surface area contributed by atoms with E-state index in [-0.39, 0.29) is 11.8 Å². The Kier molecular flexibility index (Phi) is 6.57. The molecule has 0 saturated carbocycles. The van der Waals surface area contributed by atoms with Crippen molar-refractivity contribution in [1.82, 2.24) is 29.9 Å². The lowest BCUT2D eigenvalue weighted by atomic mass is 10.2. The second-order valence-corrected chi connectivity index (χ2v) is 8.97. The van der Waals surface area contributed by atoms with E-state index in [4.69, 9.17) is 11.6 Å². The highest BCUT2D eigenvalue weighted by Crippen LogP contribution is 2.26. The highest BCUT2D eigenvalue weighted by Gasteiger charge is 2.19. The van der Waals surface area contributed by atoms with Crippen LogP contribution in [0.2, 0.25) is 5.02 Å². The highest BCUT2D eigenvalue weighted by atomic mass is 79.9.